The fraction of sp³-hybridized carbons (Fsp3) is 0.0500. The van der Waals surface area contributed by atoms with Crippen molar-refractivity contribution in [1.82, 2.24) is 0 Å². The molecule has 0 radical (unpaired) electrons. The molecule has 3 aromatic rings. The van der Waals surface area contributed by atoms with Crippen LogP contribution in [-0.4, -0.2) is 17.9 Å². The zero-order chi connectivity index (χ0) is 19.2. The Hall–Kier alpha value is -3.87. The van der Waals surface area contributed by atoms with Gasteiger partial charge in [-0.05, 0) is 48.5 Å². The van der Waals surface area contributed by atoms with Crippen molar-refractivity contribution in [3.63, 3.8) is 0 Å². The number of carbonyl (C=O) groups is 1. The zero-order valence-electron chi connectivity index (χ0n) is 14.5. The van der Waals surface area contributed by atoms with Crippen molar-refractivity contribution in [2.24, 2.45) is 0 Å². The largest absolute Gasteiger partial charge is 0.450 e. The Morgan fingerprint density at radius 3 is 2.26 bits per heavy atom. The number of amides is 1. The van der Waals surface area contributed by atoms with Crippen LogP contribution in [0.15, 0.2) is 72.8 Å². The molecule has 0 atom stereocenters. The van der Waals surface area contributed by atoms with Gasteiger partial charge in [0.05, 0.1) is 4.92 Å². The van der Waals surface area contributed by atoms with E-state index in [1.54, 1.807) is 67.7 Å². The number of ether oxygens (including phenoxy) is 1. The van der Waals surface area contributed by atoms with Crippen molar-refractivity contribution in [3.8, 4) is 11.5 Å². The second-order valence-electron chi connectivity index (χ2n) is 5.64. The molecule has 136 valence electrons. The summed E-state index contributed by atoms with van der Waals surface area (Å²) >= 11 is 0. The Labute approximate surface area is 155 Å². The summed E-state index contributed by atoms with van der Waals surface area (Å²) in [5.74, 6) is 0.217. The predicted octanol–water partition coefficient (Wildman–Crippen LogP) is 4.68. The SMILES string of the molecule is CNc1ccc(Oc2ccc(NC(=O)c3ccccc3)cc2[N+](=O)[O-])cc1. The van der Waals surface area contributed by atoms with Crippen LogP contribution in [0.25, 0.3) is 0 Å². The second-order valence-corrected chi connectivity index (χ2v) is 5.64. The fourth-order valence-electron chi connectivity index (χ4n) is 2.43. The number of carbonyl (C=O) groups excluding carboxylic acids is 1. The van der Waals surface area contributed by atoms with Crippen molar-refractivity contribution < 1.29 is 14.5 Å². The number of rotatable bonds is 6. The Morgan fingerprint density at radius 2 is 1.63 bits per heavy atom. The highest BCUT2D eigenvalue weighted by Gasteiger charge is 2.18. The maximum Gasteiger partial charge on any atom is 0.313 e. The van der Waals surface area contributed by atoms with Crippen molar-refractivity contribution in [2.45, 2.75) is 0 Å². The van der Waals surface area contributed by atoms with Crippen LogP contribution in [0.1, 0.15) is 10.4 Å². The van der Waals surface area contributed by atoms with E-state index in [-0.39, 0.29) is 17.3 Å². The van der Waals surface area contributed by atoms with Gasteiger partial charge in [0.25, 0.3) is 5.91 Å². The highest BCUT2D eigenvalue weighted by molar-refractivity contribution is 6.04. The number of hydrogen-bond donors (Lipinski definition) is 2. The molecule has 7 heteroatoms. The maximum atomic E-state index is 12.2. The van der Waals surface area contributed by atoms with Crippen LogP contribution in [0.3, 0.4) is 0 Å². The van der Waals surface area contributed by atoms with Gasteiger partial charge in [-0.15, -0.1) is 0 Å². The minimum absolute atomic E-state index is 0.0925. The third-order valence-corrected chi connectivity index (χ3v) is 3.82. The van der Waals surface area contributed by atoms with Gasteiger partial charge in [-0.25, -0.2) is 0 Å². The average Bonchev–Trinajstić information content (AvgIpc) is 2.70. The first-order valence-electron chi connectivity index (χ1n) is 8.17. The molecule has 0 aliphatic heterocycles. The van der Waals surface area contributed by atoms with Crippen LogP contribution in [0.2, 0.25) is 0 Å². The molecule has 0 saturated carbocycles. The summed E-state index contributed by atoms with van der Waals surface area (Å²) in [6.07, 6.45) is 0. The van der Waals surface area contributed by atoms with E-state index in [9.17, 15) is 14.9 Å². The smallest absolute Gasteiger partial charge is 0.313 e. The van der Waals surface area contributed by atoms with Gasteiger partial charge in [0.15, 0.2) is 0 Å². The Morgan fingerprint density at radius 1 is 0.963 bits per heavy atom. The topological polar surface area (TPSA) is 93.5 Å². The highest BCUT2D eigenvalue weighted by atomic mass is 16.6. The number of anilines is 2. The number of nitrogens with zero attached hydrogens (tertiary/aromatic N) is 1. The first-order chi connectivity index (χ1) is 13.1. The van der Waals surface area contributed by atoms with Crippen LogP contribution >= 0.6 is 0 Å². The monoisotopic (exact) mass is 363 g/mol. The highest BCUT2D eigenvalue weighted by Crippen LogP contribution is 2.34. The average molecular weight is 363 g/mol. The molecule has 0 aliphatic rings. The van der Waals surface area contributed by atoms with E-state index in [2.05, 4.69) is 10.6 Å². The number of nitrogens with one attached hydrogen (secondary N) is 2. The van der Waals surface area contributed by atoms with Crippen LogP contribution in [-0.2, 0) is 0 Å². The number of hydrogen-bond acceptors (Lipinski definition) is 5. The molecule has 3 rings (SSSR count). The van der Waals surface area contributed by atoms with E-state index < -0.39 is 4.92 Å². The molecule has 0 bridgehead atoms. The van der Waals surface area contributed by atoms with Crippen LogP contribution in [0.4, 0.5) is 17.1 Å². The molecule has 7 nitrogen and oxygen atoms in total. The minimum Gasteiger partial charge on any atom is -0.450 e. The minimum atomic E-state index is -0.546. The summed E-state index contributed by atoms with van der Waals surface area (Å²) in [6.45, 7) is 0. The molecule has 0 aliphatic carbocycles. The van der Waals surface area contributed by atoms with Crippen LogP contribution in [0.5, 0.6) is 11.5 Å². The van der Waals surface area contributed by atoms with Crippen LogP contribution in [0, 0.1) is 10.1 Å². The van der Waals surface area contributed by atoms with E-state index in [0.29, 0.717) is 17.0 Å². The quantitative estimate of drug-likeness (QED) is 0.490. The molecule has 0 fully saturated rings. The fourth-order valence-corrected chi connectivity index (χ4v) is 2.43. The lowest BCUT2D eigenvalue weighted by Gasteiger charge is -2.10. The number of nitro groups is 1. The second kappa shape index (κ2) is 8.01. The molecule has 0 unspecified atom stereocenters. The molecule has 3 aromatic carbocycles. The van der Waals surface area contributed by atoms with Crippen molar-refractivity contribution >= 4 is 23.0 Å². The van der Waals surface area contributed by atoms with E-state index in [1.807, 2.05) is 0 Å². The Balaban J connectivity index is 1.82. The van der Waals surface area contributed by atoms with Crippen LogP contribution < -0.4 is 15.4 Å². The van der Waals surface area contributed by atoms with Crippen molar-refractivity contribution in [3.05, 3.63) is 88.5 Å². The Bertz CT molecular complexity index is 957. The molecule has 0 saturated heterocycles. The zero-order valence-corrected chi connectivity index (χ0v) is 14.5. The molecule has 0 spiro atoms. The first kappa shape index (κ1) is 17.9. The van der Waals surface area contributed by atoms with Gasteiger partial charge in [-0.2, -0.15) is 0 Å². The molecule has 0 heterocycles. The van der Waals surface area contributed by atoms with Gasteiger partial charge in [0.2, 0.25) is 5.75 Å². The molecular weight excluding hydrogens is 346 g/mol. The lowest BCUT2D eigenvalue weighted by molar-refractivity contribution is -0.385. The van der Waals surface area contributed by atoms with Gasteiger partial charge in [0.1, 0.15) is 5.75 Å². The van der Waals surface area contributed by atoms with E-state index in [1.165, 1.54) is 12.1 Å². The number of benzene rings is 3. The molecule has 2 N–H and O–H groups in total. The summed E-state index contributed by atoms with van der Waals surface area (Å²) in [6, 6.07) is 19.9. The maximum absolute atomic E-state index is 12.2. The molecule has 27 heavy (non-hydrogen) atoms. The summed E-state index contributed by atoms with van der Waals surface area (Å²) in [5, 5.41) is 17.1. The molecular formula is C20H17N3O4. The summed E-state index contributed by atoms with van der Waals surface area (Å²) in [5.41, 5.74) is 1.44. The summed E-state index contributed by atoms with van der Waals surface area (Å²) in [7, 11) is 1.79. The normalized spacial score (nSPS) is 10.1. The molecule has 1 amide bonds. The van der Waals surface area contributed by atoms with E-state index in [0.717, 1.165) is 5.69 Å². The lowest BCUT2D eigenvalue weighted by atomic mass is 10.2. The summed E-state index contributed by atoms with van der Waals surface area (Å²) in [4.78, 5) is 23.1. The summed E-state index contributed by atoms with van der Waals surface area (Å²) < 4.78 is 5.63. The third kappa shape index (κ3) is 4.40. The van der Waals surface area contributed by atoms with Gasteiger partial charge in [0, 0.05) is 30.1 Å². The van der Waals surface area contributed by atoms with E-state index in [4.69, 9.17) is 4.74 Å². The number of nitro benzene ring substituents is 1. The Kier molecular flexibility index (Phi) is 5.32. The van der Waals surface area contributed by atoms with Crippen molar-refractivity contribution in [1.29, 1.82) is 0 Å². The standard InChI is InChI=1S/C20H17N3O4/c1-21-15-7-10-17(11-8-15)27-19-12-9-16(13-18(19)23(25)26)22-20(24)14-5-3-2-4-6-14/h2-13,21H,1H3,(H,22,24). The van der Waals surface area contributed by atoms with Crippen molar-refractivity contribution in [2.75, 3.05) is 17.7 Å². The third-order valence-electron chi connectivity index (χ3n) is 3.82. The van der Waals surface area contributed by atoms with E-state index >= 15 is 0 Å². The predicted molar refractivity (Wildman–Crippen MR) is 104 cm³/mol. The lowest BCUT2D eigenvalue weighted by Crippen LogP contribution is -2.11. The molecule has 0 aromatic heterocycles. The van der Waals surface area contributed by atoms with Gasteiger partial charge >= 0.3 is 5.69 Å². The first-order valence-corrected chi connectivity index (χ1v) is 8.17. The van der Waals surface area contributed by atoms with Gasteiger partial charge in [-0.3, -0.25) is 14.9 Å². The van der Waals surface area contributed by atoms with Gasteiger partial charge in [-0.1, -0.05) is 18.2 Å². The van der Waals surface area contributed by atoms with Gasteiger partial charge < -0.3 is 15.4 Å².